The highest BCUT2D eigenvalue weighted by Gasteiger charge is 2.30. The van der Waals surface area contributed by atoms with E-state index in [9.17, 15) is 14.4 Å². The second-order valence-electron chi connectivity index (χ2n) is 7.81. The van der Waals surface area contributed by atoms with Gasteiger partial charge in [0, 0.05) is 25.8 Å². The Morgan fingerprint density at radius 2 is 1.93 bits per heavy atom. The van der Waals surface area contributed by atoms with Gasteiger partial charge in [0.15, 0.2) is 11.2 Å². The Balaban J connectivity index is 2.00. The van der Waals surface area contributed by atoms with Crippen molar-refractivity contribution in [1.82, 2.24) is 18.7 Å². The van der Waals surface area contributed by atoms with E-state index in [1.807, 2.05) is 30.9 Å². The van der Waals surface area contributed by atoms with E-state index in [0.29, 0.717) is 12.5 Å². The SMILES string of the molecule is Cc1ccc(N2CC(C)Cn3c2nc2c3c(=O)n(CC(=O)O)c(=O)n2C)cc1C. The molecule has 3 aromatic rings. The molecule has 0 amide bonds. The lowest BCUT2D eigenvalue weighted by Crippen LogP contribution is -2.41. The number of carbonyl (C=O) groups is 1. The molecule has 1 atom stereocenters. The van der Waals surface area contributed by atoms with Crippen LogP contribution in [0.25, 0.3) is 11.2 Å². The van der Waals surface area contributed by atoms with E-state index in [2.05, 4.69) is 18.0 Å². The number of fused-ring (bicyclic) bond motifs is 3. The highest BCUT2D eigenvalue weighted by atomic mass is 16.4. The minimum absolute atomic E-state index is 0.228. The van der Waals surface area contributed by atoms with Crippen molar-refractivity contribution >= 4 is 28.8 Å². The first kappa shape index (κ1) is 19.0. The molecule has 0 saturated carbocycles. The zero-order valence-corrected chi connectivity index (χ0v) is 16.8. The molecule has 2 aromatic heterocycles. The monoisotopic (exact) mass is 397 g/mol. The Kier molecular flexibility index (Phi) is 4.33. The third-order valence-corrected chi connectivity index (χ3v) is 5.54. The fraction of sp³-hybridized carbons (Fsp3) is 0.400. The molecule has 9 nitrogen and oxygen atoms in total. The minimum Gasteiger partial charge on any atom is -0.480 e. The molecule has 1 aliphatic rings. The molecule has 1 unspecified atom stereocenters. The van der Waals surface area contributed by atoms with Crippen molar-refractivity contribution in [3.63, 3.8) is 0 Å². The van der Waals surface area contributed by atoms with Gasteiger partial charge in [0.05, 0.1) is 0 Å². The largest absolute Gasteiger partial charge is 0.480 e. The quantitative estimate of drug-likeness (QED) is 0.716. The highest BCUT2D eigenvalue weighted by molar-refractivity contribution is 5.77. The zero-order valence-electron chi connectivity index (χ0n) is 16.8. The first-order valence-corrected chi connectivity index (χ1v) is 9.45. The minimum atomic E-state index is -1.24. The van der Waals surface area contributed by atoms with E-state index >= 15 is 0 Å². The van der Waals surface area contributed by atoms with Crippen molar-refractivity contribution in [1.29, 1.82) is 0 Å². The molecule has 4 rings (SSSR count). The number of carboxylic acids is 1. The van der Waals surface area contributed by atoms with Crippen LogP contribution in [0.2, 0.25) is 0 Å². The number of carboxylic acid groups (broad SMARTS) is 1. The number of anilines is 2. The molecular weight excluding hydrogens is 374 g/mol. The Morgan fingerprint density at radius 1 is 1.21 bits per heavy atom. The third-order valence-electron chi connectivity index (χ3n) is 5.54. The summed E-state index contributed by atoms with van der Waals surface area (Å²) in [5, 5.41) is 9.11. The maximum absolute atomic E-state index is 13.0. The molecule has 0 spiro atoms. The molecule has 1 aliphatic heterocycles. The average Bonchev–Trinajstić information content (AvgIpc) is 3.04. The van der Waals surface area contributed by atoms with Crippen molar-refractivity contribution in [2.24, 2.45) is 13.0 Å². The van der Waals surface area contributed by atoms with Gasteiger partial charge in [-0.15, -0.1) is 0 Å². The number of imidazole rings is 1. The third kappa shape index (κ3) is 2.93. The topological polar surface area (TPSA) is 102 Å². The van der Waals surface area contributed by atoms with Crippen molar-refractivity contribution in [3.8, 4) is 0 Å². The molecule has 152 valence electrons. The lowest BCUT2D eigenvalue weighted by Gasteiger charge is -2.33. The summed E-state index contributed by atoms with van der Waals surface area (Å²) in [7, 11) is 1.51. The van der Waals surface area contributed by atoms with Crippen LogP contribution in [0.3, 0.4) is 0 Å². The zero-order chi connectivity index (χ0) is 21.0. The van der Waals surface area contributed by atoms with Crippen molar-refractivity contribution in [2.45, 2.75) is 33.9 Å². The fourth-order valence-electron chi connectivity index (χ4n) is 3.89. The molecule has 0 saturated heterocycles. The maximum atomic E-state index is 13.0. The van der Waals surface area contributed by atoms with Gasteiger partial charge >= 0.3 is 11.7 Å². The van der Waals surface area contributed by atoms with Gasteiger partial charge in [-0.2, -0.15) is 4.98 Å². The van der Waals surface area contributed by atoms with Crippen LogP contribution < -0.4 is 16.1 Å². The predicted molar refractivity (Wildman–Crippen MR) is 109 cm³/mol. The number of nitrogens with zero attached hydrogens (tertiary/aromatic N) is 5. The lowest BCUT2D eigenvalue weighted by atomic mass is 10.1. The van der Waals surface area contributed by atoms with Crippen molar-refractivity contribution in [2.75, 3.05) is 11.4 Å². The molecule has 1 N–H and O–H groups in total. The van der Waals surface area contributed by atoms with Gasteiger partial charge in [-0.25, -0.2) is 9.36 Å². The Bertz CT molecular complexity index is 1270. The molecule has 29 heavy (non-hydrogen) atoms. The van der Waals surface area contributed by atoms with Gasteiger partial charge in [0.1, 0.15) is 6.54 Å². The number of rotatable bonds is 3. The van der Waals surface area contributed by atoms with Gasteiger partial charge in [-0.05, 0) is 43.0 Å². The summed E-state index contributed by atoms with van der Waals surface area (Å²) in [5.41, 5.74) is 2.51. The molecule has 3 heterocycles. The van der Waals surface area contributed by atoms with Crippen LogP contribution >= 0.6 is 0 Å². The summed E-state index contributed by atoms with van der Waals surface area (Å²) in [6, 6.07) is 6.15. The Morgan fingerprint density at radius 3 is 2.59 bits per heavy atom. The van der Waals surface area contributed by atoms with Gasteiger partial charge in [0.25, 0.3) is 5.56 Å². The summed E-state index contributed by atoms with van der Waals surface area (Å²) in [5.74, 6) is -0.431. The number of aliphatic carboxylic acids is 1. The summed E-state index contributed by atoms with van der Waals surface area (Å²) < 4.78 is 3.80. The molecule has 1 aromatic carbocycles. The summed E-state index contributed by atoms with van der Waals surface area (Å²) in [4.78, 5) is 43.4. The van der Waals surface area contributed by atoms with E-state index < -0.39 is 23.8 Å². The van der Waals surface area contributed by atoms with E-state index in [0.717, 1.165) is 22.4 Å². The van der Waals surface area contributed by atoms with E-state index in [4.69, 9.17) is 5.11 Å². The first-order valence-electron chi connectivity index (χ1n) is 9.45. The number of benzene rings is 1. The van der Waals surface area contributed by atoms with Crippen LogP contribution in [0.15, 0.2) is 27.8 Å². The van der Waals surface area contributed by atoms with Crippen LogP contribution in [-0.2, 0) is 24.9 Å². The Hall–Kier alpha value is -3.36. The summed E-state index contributed by atoms with van der Waals surface area (Å²) in [6.45, 7) is 6.78. The van der Waals surface area contributed by atoms with Crippen LogP contribution in [-0.4, -0.2) is 36.3 Å². The lowest BCUT2D eigenvalue weighted by molar-refractivity contribution is -0.137. The van der Waals surface area contributed by atoms with E-state index in [1.165, 1.54) is 17.2 Å². The van der Waals surface area contributed by atoms with Gasteiger partial charge in [-0.3, -0.25) is 14.2 Å². The predicted octanol–water partition coefficient (Wildman–Crippen LogP) is 1.39. The standard InChI is InChI=1S/C20H23N5O4/c1-11-8-23(14-6-5-12(2)13(3)7-14)19-21-17-16(24(19)9-11)18(28)25(10-15(26)27)20(29)22(17)4/h5-7,11H,8-10H2,1-4H3,(H,26,27). The summed E-state index contributed by atoms with van der Waals surface area (Å²) in [6.07, 6.45) is 0. The second-order valence-corrected chi connectivity index (χ2v) is 7.81. The molecule has 0 radical (unpaired) electrons. The van der Waals surface area contributed by atoms with Crippen LogP contribution in [0.5, 0.6) is 0 Å². The Labute approximate surface area is 166 Å². The highest BCUT2D eigenvalue weighted by Crippen LogP contribution is 2.33. The van der Waals surface area contributed by atoms with Crippen LogP contribution in [0.4, 0.5) is 11.6 Å². The molecule has 9 heteroatoms. The van der Waals surface area contributed by atoms with Gasteiger partial charge in [0.2, 0.25) is 5.95 Å². The molecule has 0 fully saturated rings. The van der Waals surface area contributed by atoms with E-state index in [-0.39, 0.29) is 17.1 Å². The number of aromatic nitrogens is 4. The van der Waals surface area contributed by atoms with E-state index in [1.54, 1.807) is 4.57 Å². The smallest absolute Gasteiger partial charge is 0.333 e. The maximum Gasteiger partial charge on any atom is 0.333 e. The van der Waals surface area contributed by atoms with Crippen molar-refractivity contribution in [3.05, 3.63) is 50.2 Å². The summed E-state index contributed by atoms with van der Waals surface area (Å²) >= 11 is 0. The molecule has 0 aliphatic carbocycles. The van der Waals surface area contributed by atoms with Crippen LogP contribution in [0.1, 0.15) is 18.1 Å². The number of hydrogen-bond acceptors (Lipinski definition) is 5. The first-order chi connectivity index (χ1) is 13.7. The number of aryl methyl sites for hydroxylation is 3. The molecular formula is C20H23N5O4. The number of hydrogen-bond donors (Lipinski definition) is 1. The van der Waals surface area contributed by atoms with Crippen LogP contribution in [0, 0.1) is 19.8 Å². The van der Waals surface area contributed by atoms with Crippen molar-refractivity contribution < 1.29 is 9.90 Å². The average molecular weight is 397 g/mol. The van der Waals surface area contributed by atoms with Gasteiger partial charge < -0.3 is 14.6 Å². The molecule has 0 bridgehead atoms. The second kappa shape index (κ2) is 6.61. The normalized spacial score (nSPS) is 16.3. The van der Waals surface area contributed by atoms with Gasteiger partial charge in [-0.1, -0.05) is 13.0 Å². The fourth-order valence-corrected chi connectivity index (χ4v) is 3.89.